The molecule has 2 aliphatic heterocycles. The van der Waals surface area contributed by atoms with Gasteiger partial charge in [-0.1, -0.05) is 59.7 Å². The number of hydrogen-bond donors (Lipinski definition) is 0. The molecule has 3 heteroatoms. The summed E-state index contributed by atoms with van der Waals surface area (Å²) in [4.78, 5) is 0. The number of epoxide rings is 2. The maximum Gasteiger partial charge on any atom is 0.107 e. The van der Waals surface area contributed by atoms with Gasteiger partial charge in [0.1, 0.15) is 12.2 Å². The van der Waals surface area contributed by atoms with E-state index in [-0.39, 0.29) is 24.4 Å². The second kappa shape index (κ2) is 7.28. The summed E-state index contributed by atoms with van der Waals surface area (Å²) in [6.45, 7) is 5.84. The highest BCUT2D eigenvalue weighted by Crippen LogP contribution is 2.28. The van der Waals surface area contributed by atoms with Crippen LogP contribution in [-0.2, 0) is 27.1 Å². The summed E-state index contributed by atoms with van der Waals surface area (Å²) in [6, 6.07) is 17.4. The molecule has 2 saturated heterocycles. The smallest absolute Gasteiger partial charge is 0.107 e. The maximum absolute atomic E-state index is 6.52. The lowest BCUT2D eigenvalue weighted by atomic mass is 10.0. The summed E-state index contributed by atoms with van der Waals surface area (Å²) in [5, 5.41) is 0. The van der Waals surface area contributed by atoms with Crippen molar-refractivity contribution < 1.29 is 14.2 Å². The van der Waals surface area contributed by atoms with Crippen LogP contribution in [0.15, 0.2) is 48.5 Å². The Labute approximate surface area is 149 Å². The highest BCUT2D eigenvalue weighted by molar-refractivity contribution is 5.23. The van der Waals surface area contributed by atoms with Crippen molar-refractivity contribution in [2.24, 2.45) is 0 Å². The molecule has 25 heavy (non-hydrogen) atoms. The molecule has 3 nitrogen and oxygen atoms in total. The maximum atomic E-state index is 6.52. The average molecular weight is 338 g/mol. The van der Waals surface area contributed by atoms with Gasteiger partial charge in [-0.05, 0) is 25.0 Å². The minimum absolute atomic E-state index is 0.0994. The minimum Gasteiger partial charge on any atom is -0.370 e. The monoisotopic (exact) mass is 338 g/mol. The van der Waals surface area contributed by atoms with Crippen LogP contribution in [0, 0.1) is 13.8 Å². The molecule has 0 bridgehead atoms. The number of benzene rings is 2. The lowest BCUT2D eigenvalue weighted by Crippen LogP contribution is -2.33. The number of rotatable bonds is 8. The van der Waals surface area contributed by atoms with Crippen molar-refractivity contribution in [3.05, 3.63) is 70.8 Å². The van der Waals surface area contributed by atoms with E-state index in [1.165, 1.54) is 22.3 Å². The van der Waals surface area contributed by atoms with Gasteiger partial charge in [0.2, 0.25) is 0 Å². The van der Waals surface area contributed by atoms with Gasteiger partial charge >= 0.3 is 0 Å². The molecule has 0 amide bonds. The number of hydrogen-bond acceptors (Lipinski definition) is 3. The molecule has 2 heterocycles. The fraction of sp³-hybridized carbons (Fsp3) is 0.455. The quantitative estimate of drug-likeness (QED) is 0.689. The van der Waals surface area contributed by atoms with Crippen LogP contribution in [0.25, 0.3) is 0 Å². The fourth-order valence-electron chi connectivity index (χ4n) is 3.21. The van der Waals surface area contributed by atoms with E-state index >= 15 is 0 Å². The predicted octanol–water partition coefficient (Wildman–Crippen LogP) is 3.64. The molecule has 0 N–H and O–H groups in total. The van der Waals surface area contributed by atoms with Gasteiger partial charge in [0, 0.05) is 12.8 Å². The lowest BCUT2D eigenvalue weighted by Gasteiger charge is -2.23. The van der Waals surface area contributed by atoms with Gasteiger partial charge in [-0.3, -0.25) is 0 Å². The van der Waals surface area contributed by atoms with E-state index in [4.69, 9.17) is 14.2 Å². The van der Waals surface area contributed by atoms with Gasteiger partial charge in [-0.15, -0.1) is 0 Å². The summed E-state index contributed by atoms with van der Waals surface area (Å²) in [6.07, 6.45) is 2.43. The second-order valence-corrected chi connectivity index (χ2v) is 7.34. The third kappa shape index (κ3) is 4.69. The second-order valence-electron chi connectivity index (χ2n) is 7.34. The van der Waals surface area contributed by atoms with Crippen molar-refractivity contribution >= 4 is 0 Å². The average Bonchev–Trinajstić information content (AvgIpc) is 3.49. The Hall–Kier alpha value is -1.68. The van der Waals surface area contributed by atoms with Gasteiger partial charge in [0.25, 0.3) is 0 Å². The van der Waals surface area contributed by atoms with Crippen LogP contribution in [0.5, 0.6) is 0 Å². The Bertz CT molecular complexity index is 623. The van der Waals surface area contributed by atoms with Gasteiger partial charge in [-0.2, -0.15) is 0 Å². The zero-order valence-electron chi connectivity index (χ0n) is 15.0. The topological polar surface area (TPSA) is 34.3 Å². The first-order valence-electron chi connectivity index (χ1n) is 9.17. The van der Waals surface area contributed by atoms with E-state index in [1.807, 2.05) is 0 Å². The van der Waals surface area contributed by atoms with Gasteiger partial charge in [0.15, 0.2) is 0 Å². The first-order chi connectivity index (χ1) is 12.2. The molecule has 0 saturated carbocycles. The Morgan fingerprint density at radius 1 is 0.760 bits per heavy atom. The molecule has 2 fully saturated rings. The molecule has 0 aromatic heterocycles. The Morgan fingerprint density at radius 2 is 1.12 bits per heavy atom. The Kier molecular flexibility index (Phi) is 4.89. The molecule has 4 rings (SSSR count). The van der Waals surface area contributed by atoms with E-state index in [2.05, 4.69) is 62.4 Å². The standard InChI is InChI=1S/C22H26O3/c1-15-3-7-17(8-4-15)11-19(21-13-23-21)25-20(22-14-24-22)12-18-9-5-16(2)6-10-18/h3-10,19-22H,11-14H2,1-2H3. The van der Waals surface area contributed by atoms with E-state index in [0.717, 1.165) is 26.1 Å². The number of aryl methyl sites for hydroxylation is 2. The van der Waals surface area contributed by atoms with Crippen LogP contribution in [0.3, 0.4) is 0 Å². The van der Waals surface area contributed by atoms with Crippen LogP contribution in [0.4, 0.5) is 0 Å². The predicted molar refractivity (Wildman–Crippen MR) is 97.9 cm³/mol. The molecule has 2 aromatic carbocycles. The highest BCUT2D eigenvalue weighted by atomic mass is 16.6. The van der Waals surface area contributed by atoms with Crippen molar-refractivity contribution in [1.82, 2.24) is 0 Å². The van der Waals surface area contributed by atoms with Crippen molar-refractivity contribution in [3.63, 3.8) is 0 Å². The zero-order chi connectivity index (χ0) is 17.2. The largest absolute Gasteiger partial charge is 0.370 e. The third-order valence-electron chi connectivity index (χ3n) is 5.01. The molecular formula is C22H26O3. The van der Waals surface area contributed by atoms with Crippen LogP contribution >= 0.6 is 0 Å². The molecule has 4 unspecified atom stereocenters. The summed E-state index contributed by atoms with van der Waals surface area (Å²) in [5.41, 5.74) is 5.17. The van der Waals surface area contributed by atoms with Crippen molar-refractivity contribution in [3.8, 4) is 0 Å². The van der Waals surface area contributed by atoms with Gasteiger partial charge < -0.3 is 14.2 Å². The molecule has 0 radical (unpaired) electrons. The van der Waals surface area contributed by atoms with Crippen LogP contribution in [0.2, 0.25) is 0 Å². The highest BCUT2D eigenvalue weighted by Gasteiger charge is 2.40. The first-order valence-corrected chi connectivity index (χ1v) is 9.17. The van der Waals surface area contributed by atoms with E-state index in [1.54, 1.807) is 0 Å². The fourth-order valence-corrected chi connectivity index (χ4v) is 3.21. The summed E-state index contributed by atoms with van der Waals surface area (Å²) in [7, 11) is 0. The first kappa shape index (κ1) is 16.8. The molecular weight excluding hydrogens is 312 g/mol. The van der Waals surface area contributed by atoms with E-state index in [9.17, 15) is 0 Å². The molecule has 4 atom stereocenters. The Balaban J connectivity index is 1.43. The SMILES string of the molecule is Cc1ccc(CC(OC(Cc2ccc(C)cc2)C2CO2)C2CO2)cc1. The molecule has 2 aliphatic rings. The van der Waals surface area contributed by atoms with Crippen LogP contribution in [0.1, 0.15) is 22.3 Å². The van der Waals surface area contributed by atoms with Crippen molar-refractivity contribution in [1.29, 1.82) is 0 Å². The lowest BCUT2D eigenvalue weighted by molar-refractivity contribution is -0.0369. The molecule has 0 aliphatic carbocycles. The zero-order valence-corrected chi connectivity index (χ0v) is 15.0. The van der Waals surface area contributed by atoms with Gasteiger partial charge in [0.05, 0.1) is 25.4 Å². The van der Waals surface area contributed by atoms with Crippen LogP contribution < -0.4 is 0 Å². The third-order valence-corrected chi connectivity index (χ3v) is 5.01. The number of ether oxygens (including phenoxy) is 3. The molecule has 0 spiro atoms. The summed E-state index contributed by atoms with van der Waals surface area (Å²) >= 11 is 0. The normalized spacial score (nSPS) is 23.9. The van der Waals surface area contributed by atoms with Crippen LogP contribution in [-0.4, -0.2) is 37.6 Å². The van der Waals surface area contributed by atoms with E-state index < -0.39 is 0 Å². The van der Waals surface area contributed by atoms with Crippen molar-refractivity contribution in [2.75, 3.05) is 13.2 Å². The Morgan fingerprint density at radius 3 is 1.44 bits per heavy atom. The molecule has 132 valence electrons. The molecule has 2 aromatic rings. The summed E-state index contributed by atoms with van der Waals surface area (Å²) in [5.74, 6) is 0. The van der Waals surface area contributed by atoms with Gasteiger partial charge in [-0.25, -0.2) is 0 Å². The summed E-state index contributed by atoms with van der Waals surface area (Å²) < 4.78 is 17.7. The minimum atomic E-state index is 0.0994. The van der Waals surface area contributed by atoms with E-state index in [0.29, 0.717) is 0 Å². The van der Waals surface area contributed by atoms with Crippen molar-refractivity contribution in [2.45, 2.75) is 51.1 Å².